The summed E-state index contributed by atoms with van der Waals surface area (Å²) in [6.45, 7) is 1.30. The lowest BCUT2D eigenvalue weighted by molar-refractivity contribution is -0.138. The zero-order valence-electron chi connectivity index (χ0n) is 10.3. The van der Waals surface area contributed by atoms with Gasteiger partial charge in [0.25, 0.3) is 5.91 Å². The standard InChI is InChI=1S/C12H13BrF3NO2/c1-7(6-12(14,15)16)17-11(18)9-4-3-8(13)5-10(9)19-2/h3-5,7H,6H2,1-2H3,(H,17,18). The van der Waals surface area contributed by atoms with Crippen LogP contribution in [0.5, 0.6) is 5.75 Å². The molecule has 19 heavy (non-hydrogen) atoms. The van der Waals surface area contributed by atoms with Gasteiger partial charge in [0.05, 0.1) is 19.1 Å². The molecule has 1 atom stereocenters. The number of nitrogens with one attached hydrogen (secondary N) is 1. The number of amides is 1. The number of halogens is 4. The maximum absolute atomic E-state index is 12.2. The Morgan fingerprint density at radius 1 is 1.47 bits per heavy atom. The summed E-state index contributed by atoms with van der Waals surface area (Å²) < 4.78 is 42.3. The molecule has 1 rings (SSSR count). The number of alkyl halides is 3. The lowest BCUT2D eigenvalue weighted by Crippen LogP contribution is -2.36. The Labute approximate surface area is 117 Å². The zero-order valence-corrected chi connectivity index (χ0v) is 11.9. The van der Waals surface area contributed by atoms with Gasteiger partial charge in [-0.25, -0.2) is 0 Å². The Hall–Kier alpha value is -1.24. The molecule has 7 heteroatoms. The lowest BCUT2D eigenvalue weighted by Gasteiger charge is -2.16. The smallest absolute Gasteiger partial charge is 0.391 e. The highest BCUT2D eigenvalue weighted by atomic mass is 79.9. The van der Waals surface area contributed by atoms with E-state index in [0.717, 1.165) is 0 Å². The molecule has 0 aliphatic rings. The second-order valence-electron chi connectivity index (χ2n) is 4.04. The van der Waals surface area contributed by atoms with Gasteiger partial charge in [-0.2, -0.15) is 13.2 Å². The Bertz CT molecular complexity index is 463. The van der Waals surface area contributed by atoms with Crippen molar-refractivity contribution in [2.45, 2.75) is 25.6 Å². The molecule has 0 saturated heterocycles. The summed E-state index contributed by atoms with van der Waals surface area (Å²) in [7, 11) is 1.39. The highest BCUT2D eigenvalue weighted by Gasteiger charge is 2.30. The maximum Gasteiger partial charge on any atom is 0.391 e. The largest absolute Gasteiger partial charge is 0.496 e. The number of ether oxygens (including phenoxy) is 1. The van der Waals surface area contributed by atoms with Crippen molar-refractivity contribution in [1.82, 2.24) is 5.32 Å². The topological polar surface area (TPSA) is 38.3 Å². The summed E-state index contributed by atoms with van der Waals surface area (Å²) in [5.74, 6) is -0.299. The monoisotopic (exact) mass is 339 g/mol. The predicted octanol–water partition coefficient (Wildman–Crippen LogP) is 3.53. The normalized spacial score (nSPS) is 12.9. The van der Waals surface area contributed by atoms with E-state index >= 15 is 0 Å². The summed E-state index contributed by atoms with van der Waals surface area (Å²) in [6.07, 6.45) is -5.38. The molecule has 1 N–H and O–H groups in total. The van der Waals surface area contributed by atoms with Gasteiger partial charge in [0.2, 0.25) is 0 Å². The third-order valence-corrected chi connectivity index (χ3v) is 2.82. The molecule has 1 aromatic carbocycles. The average molecular weight is 340 g/mol. The van der Waals surface area contributed by atoms with Crippen LogP contribution >= 0.6 is 15.9 Å². The minimum Gasteiger partial charge on any atom is -0.496 e. The molecule has 0 aliphatic carbocycles. The number of rotatable bonds is 4. The number of methoxy groups -OCH3 is 1. The Balaban J connectivity index is 2.78. The fourth-order valence-electron chi connectivity index (χ4n) is 1.55. The van der Waals surface area contributed by atoms with Gasteiger partial charge in [0.15, 0.2) is 0 Å². The third kappa shape index (κ3) is 5.10. The second-order valence-corrected chi connectivity index (χ2v) is 4.95. The van der Waals surface area contributed by atoms with Crippen LogP contribution in [0.25, 0.3) is 0 Å². The molecule has 0 radical (unpaired) electrons. The molecule has 0 bridgehead atoms. The molecule has 0 fully saturated rings. The molecule has 0 saturated carbocycles. The van der Waals surface area contributed by atoms with E-state index < -0.39 is 24.5 Å². The van der Waals surface area contributed by atoms with Crippen molar-refractivity contribution in [3.63, 3.8) is 0 Å². The first-order valence-electron chi connectivity index (χ1n) is 5.44. The number of benzene rings is 1. The Morgan fingerprint density at radius 3 is 2.63 bits per heavy atom. The van der Waals surface area contributed by atoms with E-state index in [1.807, 2.05) is 0 Å². The van der Waals surface area contributed by atoms with Gasteiger partial charge in [-0.05, 0) is 25.1 Å². The van der Waals surface area contributed by atoms with Crippen LogP contribution in [0.3, 0.4) is 0 Å². The van der Waals surface area contributed by atoms with E-state index in [4.69, 9.17) is 4.74 Å². The van der Waals surface area contributed by atoms with Crippen LogP contribution in [0, 0.1) is 0 Å². The molecule has 0 heterocycles. The molecule has 1 unspecified atom stereocenters. The maximum atomic E-state index is 12.2. The minimum atomic E-state index is -4.31. The molecular weight excluding hydrogens is 327 g/mol. The molecule has 3 nitrogen and oxygen atoms in total. The van der Waals surface area contributed by atoms with Gasteiger partial charge in [0, 0.05) is 10.5 Å². The molecule has 1 aromatic rings. The van der Waals surface area contributed by atoms with Crippen molar-refractivity contribution in [3.8, 4) is 5.75 Å². The summed E-state index contributed by atoms with van der Waals surface area (Å²) >= 11 is 3.22. The SMILES string of the molecule is COc1cc(Br)ccc1C(=O)NC(C)CC(F)(F)F. The van der Waals surface area contributed by atoms with Crippen LogP contribution in [-0.2, 0) is 0 Å². The van der Waals surface area contributed by atoms with Crippen molar-refractivity contribution < 1.29 is 22.7 Å². The molecule has 0 aromatic heterocycles. The predicted molar refractivity (Wildman–Crippen MR) is 68.3 cm³/mol. The minimum absolute atomic E-state index is 0.194. The molecular formula is C12H13BrF3NO2. The average Bonchev–Trinajstić information content (AvgIpc) is 2.25. The van der Waals surface area contributed by atoms with Crippen LogP contribution in [0.4, 0.5) is 13.2 Å². The van der Waals surface area contributed by atoms with Crippen molar-refractivity contribution in [2.24, 2.45) is 0 Å². The van der Waals surface area contributed by atoms with E-state index in [1.54, 1.807) is 12.1 Å². The van der Waals surface area contributed by atoms with E-state index in [1.165, 1.54) is 20.1 Å². The van der Waals surface area contributed by atoms with Crippen LogP contribution in [0.2, 0.25) is 0 Å². The first-order valence-corrected chi connectivity index (χ1v) is 6.23. The molecule has 0 aliphatic heterocycles. The Morgan fingerprint density at radius 2 is 2.11 bits per heavy atom. The van der Waals surface area contributed by atoms with Crippen molar-refractivity contribution in [3.05, 3.63) is 28.2 Å². The van der Waals surface area contributed by atoms with Crippen molar-refractivity contribution in [1.29, 1.82) is 0 Å². The van der Waals surface area contributed by atoms with Gasteiger partial charge < -0.3 is 10.1 Å². The van der Waals surface area contributed by atoms with Crippen LogP contribution in [-0.4, -0.2) is 25.2 Å². The summed E-state index contributed by atoms with van der Waals surface area (Å²) in [5, 5.41) is 2.29. The number of carbonyl (C=O) groups is 1. The van der Waals surface area contributed by atoms with Gasteiger partial charge in [-0.1, -0.05) is 15.9 Å². The van der Waals surface area contributed by atoms with Gasteiger partial charge in [0.1, 0.15) is 5.75 Å². The molecule has 1 amide bonds. The Kier molecular flexibility index (Phi) is 5.22. The molecule has 0 spiro atoms. The second kappa shape index (κ2) is 6.27. The summed E-state index contributed by atoms with van der Waals surface area (Å²) in [4.78, 5) is 11.9. The number of carbonyl (C=O) groups excluding carboxylic acids is 1. The fraction of sp³-hybridized carbons (Fsp3) is 0.417. The van der Waals surface area contributed by atoms with E-state index in [-0.39, 0.29) is 5.56 Å². The van der Waals surface area contributed by atoms with Crippen LogP contribution in [0.15, 0.2) is 22.7 Å². The molecule has 106 valence electrons. The van der Waals surface area contributed by atoms with Gasteiger partial charge in [-0.15, -0.1) is 0 Å². The zero-order chi connectivity index (χ0) is 14.6. The quantitative estimate of drug-likeness (QED) is 0.911. The third-order valence-electron chi connectivity index (χ3n) is 2.32. The first kappa shape index (κ1) is 15.8. The summed E-state index contributed by atoms with van der Waals surface area (Å²) in [5.41, 5.74) is 0.194. The van der Waals surface area contributed by atoms with Gasteiger partial charge >= 0.3 is 6.18 Å². The van der Waals surface area contributed by atoms with Crippen LogP contribution < -0.4 is 10.1 Å². The van der Waals surface area contributed by atoms with Crippen molar-refractivity contribution >= 4 is 21.8 Å². The van der Waals surface area contributed by atoms with Crippen LogP contribution in [0.1, 0.15) is 23.7 Å². The fourth-order valence-corrected chi connectivity index (χ4v) is 1.89. The van der Waals surface area contributed by atoms with E-state index in [0.29, 0.717) is 10.2 Å². The first-order chi connectivity index (χ1) is 8.73. The lowest BCUT2D eigenvalue weighted by atomic mass is 10.1. The van der Waals surface area contributed by atoms with E-state index in [2.05, 4.69) is 21.2 Å². The highest BCUT2D eigenvalue weighted by Crippen LogP contribution is 2.25. The summed E-state index contributed by atoms with van der Waals surface area (Å²) in [6, 6.07) is 3.68. The highest BCUT2D eigenvalue weighted by molar-refractivity contribution is 9.10. The van der Waals surface area contributed by atoms with Gasteiger partial charge in [-0.3, -0.25) is 4.79 Å². The number of hydrogen-bond acceptors (Lipinski definition) is 2. The van der Waals surface area contributed by atoms with E-state index in [9.17, 15) is 18.0 Å². The van der Waals surface area contributed by atoms with Crippen molar-refractivity contribution in [2.75, 3.05) is 7.11 Å². The number of hydrogen-bond donors (Lipinski definition) is 1.